The second-order valence-corrected chi connectivity index (χ2v) is 6.46. The molecule has 2 atom stereocenters. The Labute approximate surface area is 152 Å². The summed E-state index contributed by atoms with van der Waals surface area (Å²) in [6.45, 7) is 2.16. The van der Waals surface area contributed by atoms with Gasteiger partial charge in [-0.25, -0.2) is 0 Å². The number of carbonyl (C=O) groups excluding carboxylic acids is 1. The number of aliphatic hydroxyl groups excluding tert-OH is 2. The maximum absolute atomic E-state index is 11.2. The van der Waals surface area contributed by atoms with E-state index in [1.807, 2.05) is 0 Å². The molecule has 0 bridgehead atoms. The first-order valence-corrected chi connectivity index (χ1v) is 9.47. The Bertz CT molecular complexity index is 478. The highest BCUT2D eigenvalue weighted by Crippen LogP contribution is 2.22. The predicted molar refractivity (Wildman–Crippen MR) is 99.7 cm³/mol. The van der Waals surface area contributed by atoms with Crippen LogP contribution < -0.4 is 0 Å². The fraction of sp³-hybridized carbons (Fsp3) is 0.667. The molecule has 1 saturated carbocycles. The monoisotopic (exact) mass is 348 g/mol. The lowest BCUT2D eigenvalue weighted by Crippen LogP contribution is -2.07. The van der Waals surface area contributed by atoms with E-state index in [1.54, 1.807) is 31.2 Å². The molecule has 1 aliphatic rings. The van der Waals surface area contributed by atoms with E-state index in [2.05, 4.69) is 11.8 Å². The minimum atomic E-state index is -0.595. The van der Waals surface area contributed by atoms with Crippen molar-refractivity contribution in [3.63, 3.8) is 0 Å². The van der Waals surface area contributed by atoms with Gasteiger partial charge in [-0.05, 0) is 32.6 Å². The lowest BCUT2D eigenvalue weighted by atomic mass is 9.90. The van der Waals surface area contributed by atoms with E-state index < -0.39 is 12.2 Å². The molecule has 1 rings (SSSR count). The molecule has 1 aliphatic carbocycles. The van der Waals surface area contributed by atoms with Gasteiger partial charge in [0.15, 0.2) is 0 Å². The van der Waals surface area contributed by atoms with Crippen molar-refractivity contribution in [2.75, 3.05) is 6.61 Å². The molecule has 2 N–H and O–H groups in total. The minimum Gasteiger partial charge on any atom is -0.466 e. The van der Waals surface area contributed by atoms with Crippen LogP contribution in [-0.2, 0) is 9.53 Å². The zero-order valence-corrected chi connectivity index (χ0v) is 15.3. The Morgan fingerprint density at radius 3 is 2.52 bits per heavy atom. The van der Waals surface area contributed by atoms with Crippen LogP contribution in [0.25, 0.3) is 0 Å². The van der Waals surface area contributed by atoms with Crippen molar-refractivity contribution in [2.45, 2.75) is 76.9 Å². The van der Waals surface area contributed by atoms with Gasteiger partial charge in [-0.2, -0.15) is 0 Å². The van der Waals surface area contributed by atoms with Crippen molar-refractivity contribution in [3.05, 3.63) is 24.3 Å². The van der Waals surface area contributed by atoms with E-state index in [1.165, 1.54) is 32.1 Å². The number of esters is 1. The van der Waals surface area contributed by atoms with Crippen molar-refractivity contribution in [1.82, 2.24) is 0 Å². The van der Waals surface area contributed by atoms with E-state index >= 15 is 0 Å². The molecule has 0 amide bonds. The predicted octanol–water partition coefficient (Wildman–Crippen LogP) is 3.53. The van der Waals surface area contributed by atoms with Gasteiger partial charge in [0.25, 0.3) is 0 Å². The topological polar surface area (TPSA) is 66.8 Å². The Balaban J connectivity index is 2.16. The molecule has 0 saturated heterocycles. The van der Waals surface area contributed by atoms with Gasteiger partial charge in [-0.3, -0.25) is 4.79 Å². The van der Waals surface area contributed by atoms with Crippen LogP contribution in [0, 0.1) is 17.8 Å². The molecule has 0 aromatic carbocycles. The molecule has 0 spiro atoms. The van der Waals surface area contributed by atoms with Crippen LogP contribution in [0.1, 0.15) is 64.7 Å². The third-order valence-corrected chi connectivity index (χ3v) is 4.19. The quantitative estimate of drug-likeness (QED) is 0.380. The summed E-state index contributed by atoms with van der Waals surface area (Å²) in [4.78, 5) is 11.2. The Morgan fingerprint density at radius 1 is 1.16 bits per heavy atom. The zero-order valence-electron chi connectivity index (χ0n) is 15.3. The molecule has 4 nitrogen and oxygen atoms in total. The summed E-state index contributed by atoms with van der Waals surface area (Å²) >= 11 is 0. The van der Waals surface area contributed by atoms with Crippen LogP contribution in [0.15, 0.2) is 24.3 Å². The Hall–Kier alpha value is -1.57. The maximum atomic E-state index is 11.2. The minimum absolute atomic E-state index is 0.226. The molecule has 0 aromatic heterocycles. The van der Waals surface area contributed by atoms with Crippen molar-refractivity contribution in [2.24, 2.45) is 5.92 Å². The smallest absolute Gasteiger partial charge is 0.305 e. The normalized spacial score (nSPS) is 18.0. The number of ether oxygens (including phenoxy) is 1. The molecule has 0 aliphatic heterocycles. The molecule has 0 unspecified atom stereocenters. The van der Waals surface area contributed by atoms with Gasteiger partial charge in [0.2, 0.25) is 0 Å². The van der Waals surface area contributed by atoms with Crippen LogP contribution in [0.2, 0.25) is 0 Å². The van der Waals surface area contributed by atoms with Crippen molar-refractivity contribution < 1.29 is 19.7 Å². The number of carbonyl (C=O) groups is 1. The molecular formula is C21H32O4. The summed E-state index contributed by atoms with van der Waals surface area (Å²) in [6.07, 6.45) is 13.7. The lowest BCUT2D eigenvalue weighted by Gasteiger charge is -2.15. The summed E-state index contributed by atoms with van der Waals surface area (Å²) in [6, 6.07) is 0. The molecule has 0 aromatic rings. The van der Waals surface area contributed by atoms with Crippen molar-refractivity contribution in [1.29, 1.82) is 0 Å². The van der Waals surface area contributed by atoms with E-state index in [0.717, 1.165) is 0 Å². The van der Waals surface area contributed by atoms with E-state index in [9.17, 15) is 15.0 Å². The molecule has 0 radical (unpaired) electrons. The molecular weight excluding hydrogens is 316 g/mol. The number of allylic oxidation sites excluding steroid dienone is 2. The highest BCUT2D eigenvalue weighted by Gasteiger charge is 2.09. The molecule has 4 heteroatoms. The highest BCUT2D eigenvalue weighted by molar-refractivity contribution is 5.69. The van der Waals surface area contributed by atoms with Gasteiger partial charge in [-0.15, -0.1) is 0 Å². The van der Waals surface area contributed by atoms with Gasteiger partial charge in [-0.1, -0.05) is 55.4 Å². The Morgan fingerprint density at radius 2 is 1.84 bits per heavy atom. The van der Waals surface area contributed by atoms with Crippen LogP contribution >= 0.6 is 0 Å². The third-order valence-electron chi connectivity index (χ3n) is 4.19. The van der Waals surface area contributed by atoms with Crippen LogP contribution in [0.5, 0.6) is 0 Å². The first kappa shape index (κ1) is 21.5. The summed E-state index contributed by atoms with van der Waals surface area (Å²) in [5.41, 5.74) is 0. The van der Waals surface area contributed by atoms with E-state index in [0.29, 0.717) is 38.2 Å². The first-order chi connectivity index (χ1) is 12.1. The van der Waals surface area contributed by atoms with Crippen LogP contribution in [0.3, 0.4) is 0 Å². The van der Waals surface area contributed by atoms with Gasteiger partial charge in [0.1, 0.15) is 0 Å². The van der Waals surface area contributed by atoms with Crippen LogP contribution in [0.4, 0.5) is 0 Å². The summed E-state index contributed by atoms with van der Waals surface area (Å²) < 4.78 is 4.83. The molecule has 25 heavy (non-hydrogen) atoms. The zero-order chi connectivity index (χ0) is 18.3. The maximum Gasteiger partial charge on any atom is 0.305 e. The van der Waals surface area contributed by atoms with E-state index in [4.69, 9.17) is 4.74 Å². The average molecular weight is 348 g/mol. The third kappa shape index (κ3) is 11.6. The second-order valence-electron chi connectivity index (χ2n) is 6.46. The second kappa shape index (κ2) is 13.7. The largest absolute Gasteiger partial charge is 0.466 e. The molecule has 0 heterocycles. The standard InChI is InChI=1S/C21H32O4/c1-2-25-21(24)17-9-16-20(23)14-7-6-13-19(22)15-8-12-18-10-4-3-5-11-18/h6-7,13-14,18-20,22-23H,2-5,9-11,15-17H2,1H3/b13-6+,14-7+/t19-,20+/m0/s1. The molecule has 1 fully saturated rings. The van der Waals surface area contributed by atoms with Crippen molar-refractivity contribution in [3.8, 4) is 11.8 Å². The Kier molecular flexibility index (Phi) is 11.8. The van der Waals surface area contributed by atoms with Crippen LogP contribution in [-0.4, -0.2) is 35.0 Å². The summed E-state index contributed by atoms with van der Waals surface area (Å²) in [5.74, 6) is 6.63. The number of rotatable bonds is 9. The fourth-order valence-corrected chi connectivity index (χ4v) is 2.79. The fourth-order valence-electron chi connectivity index (χ4n) is 2.79. The van der Waals surface area contributed by atoms with E-state index in [-0.39, 0.29) is 5.97 Å². The lowest BCUT2D eigenvalue weighted by molar-refractivity contribution is -0.143. The van der Waals surface area contributed by atoms with Crippen molar-refractivity contribution >= 4 is 5.97 Å². The molecule has 140 valence electrons. The number of hydrogen-bond acceptors (Lipinski definition) is 4. The van der Waals surface area contributed by atoms with Gasteiger partial charge in [0, 0.05) is 18.8 Å². The van der Waals surface area contributed by atoms with Gasteiger partial charge < -0.3 is 14.9 Å². The number of hydrogen-bond donors (Lipinski definition) is 2. The highest BCUT2D eigenvalue weighted by atomic mass is 16.5. The van der Waals surface area contributed by atoms with Gasteiger partial charge in [0.05, 0.1) is 18.8 Å². The first-order valence-electron chi connectivity index (χ1n) is 9.47. The average Bonchev–Trinajstić information content (AvgIpc) is 2.60. The SMILES string of the molecule is CCOC(=O)CCC[C@H](O)/C=C/C=C/[C@H](O)CC#CC1CCCCC1. The summed E-state index contributed by atoms with van der Waals surface area (Å²) in [7, 11) is 0. The van der Waals surface area contributed by atoms with Gasteiger partial charge >= 0.3 is 5.97 Å². The summed E-state index contributed by atoms with van der Waals surface area (Å²) in [5, 5.41) is 19.6. The number of aliphatic hydroxyl groups is 2.